The van der Waals surface area contributed by atoms with Crippen LogP contribution < -0.4 is 11.1 Å². The molecule has 2 rings (SSSR count). The van der Waals surface area contributed by atoms with Crippen molar-refractivity contribution in [2.45, 2.75) is 0 Å². The molecule has 0 unspecified atom stereocenters. The van der Waals surface area contributed by atoms with Gasteiger partial charge in [0.05, 0.1) is 21.5 Å². The first-order valence-electron chi connectivity index (χ1n) is 5.05. The molecular weight excluding hydrogens is 328 g/mol. The lowest BCUT2D eigenvalue weighted by atomic mass is 10.2. The number of halogens is 5. The normalized spacial score (nSPS) is 10.6. The van der Waals surface area contributed by atoms with Crippen molar-refractivity contribution in [1.29, 1.82) is 0 Å². The summed E-state index contributed by atoms with van der Waals surface area (Å²) in [4.78, 5) is 0. The van der Waals surface area contributed by atoms with E-state index in [-0.39, 0.29) is 21.5 Å². The first-order valence-corrected chi connectivity index (χ1v) is 5.84. The van der Waals surface area contributed by atoms with Crippen LogP contribution in [0.4, 0.5) is 34.6 Å². The van der Waals surface area contributed by atoms with Gasteiger partial charge in [0.25, 0.3) is 0 Å². The van der Waals surface area contributed by atoms with E-state index in [1.54, 1.807) is 0 Å². The Hall–Kier alpha value is -1.76. The maximum absolute atomic E-state index is 13.5. The third-order valence-corrected chi connectivity index (χ3v) is 3.00. The van der Waals surface area contributed by atoms with E-state index in [9.17, 15) is 17.6 Å². The monoisotopic (exact) mass is 334 g/mol. The zero-order valence-electron chi connectivity index (χ0n) is 9.28. The molecule has 0 fully saturated rings. The Morgan fingerprint density at radius 1 is 0.895 bits per heavy atom. The summed E-state index contributed by atoms with van der Waals surface area (Å²) in [5, 5.41) is 2.47. The van der Waals surface area contributed by atoms with Gasteiger partial charge in [0.15, 0.2) is 17.5 Å². The summed E-state index contributed by atoms with van der Waals surface area (Å²) >= 11 is 2.94. The molecule has 2 aromatic carbocycles. The average Bonchev–Trinajstić information content (AvgIpc) is 2.36. The Balaban J connectivity index is 2.42. The lowest BCUT2D eigenvalue weighted by Crippen LogP contribution is -2.02. The van der Waals surface area contributed by atoms with E-state index in [0.717, 1.165) is 18.2 Å². The fourth-order valence-electron chi connectivity index (χ4n) is 1.44. The van der Waals surface area contributed by atoms with Gasteiger partial charge in [0.2, 0.25) is 0 Å². The lowest BCUT2D eigenvalue weighted by Gasteiger charge is -2.11. The predicted molar refractivity (Wildman–Crippen MR) is 68.1 cm³/mol. The van der Waals surface area contributed by atoms with Crippen molar-refractivity contribution >= 4 is 33.0 Å². The molecule has 100 valence electrons. The number of nitrogens with one attached hydrogen (secondary N) is 1. The highest BCUT2D eigenvalue weighted by molar-refractivity contribution is 9.10. The van der Waals surface area contributed by atoms with E-state index >= 15 is 0 Å². The first kappa shape index (κ1) is 13.7. The summed E-state index contributed by atoms with van der Waals surface area (Å²) < 4.78 is 52.5. The summed E-state index contributed by atoms with van der Waals surface area (Å²) in [6, 6.07) is 4.08. The van der Waals surface area contributed by atoms with Crippen molar-refractivity contribution in [3.63, 3.8) is 0 Å². The molecule has 2 aromatic rings. The maximum Gasteiger partial charge on any atom is 0.196 e. The van der Waals surface area contributed by atoms with Gasteiger partial charge in [-0.1, -0.05) is 0 Å². The number of hydrogen-bond donors (Lipinski definition) is 2. The minimum absolute atomic E-state index is 0.00448. The molecule has 2 nitrogen and oxygen atoms in total. The van der Waals surface area contributed by atoms with E-state index in [2.05, 4.69) is 21.2 Å². The molecule has 0 radical (unpaired) electrons. The Morgan fingerprint density at radius 3 is 2.26 bits per heavy atom. The van der Waals surface area contributed by atoms with Crippen LogP contribution in [-0.4, -0.2) is 0 Å². The third kappa shape index (κ3) is 2.65. The summed E-state index contributed by atoms with van der Waals surface area (Å²) in [5.41, 5.74) is 5.41. The zero-order chi connectivity index (χ0) is 14.2. The summed E-state index contributed by atoms with van der Waals surface area (Å²) in [6.07, 6.45) is 0. The zero-order valence-corrected chi connectivity index (χ0v) is 10.9. The maximum atomic E-state index is 13.5. The molecule has 19 heavy (non-hydrogen) atoms. The second kappa shape index (κ2) is 5.08. The standard InChI is InChI=1S/C12H7BrF4N2/c13-5-3-10(8(18)4-7(5)15)19-9-2-1-6(14)11(16)12(9)17/h1-4,19H,18H2. The molecule has 0 saturated heterocycles. The van der Waals surface area contributed by atoms with Crippen molar-refractivity contribution in [2.75, 3.05) is 11.1 Å². The van der Waals surface area contributed by atoms with Crippen LogP contribution in [0.1, 0.15) is 0 Å². The van der Waals surface area contributed by atoms with E-state index < -0.39 is 23.3 Å². The first-order chi connectivity index (χ1) is 8.90. The fourth-order valence-corrected chi connectivity index (χ4v) is 1.78. The van der Waals surface area contributed by atoms with Gasteiger partial charge < -0.3 is 11.1 Å². The molecule has 7 heteroatoms. The molecule has 0 atom stereocenters. The van der Waals surface area contributed by atoms with Crippen molar-refractivity contribution in [2.24, 2.45) is 0 Å². The van der Waals surface area contributed by atoms with Crippen LogP contribution in [0.15, 0.2) is 28.7 Å². The van der Waals surface area contributed by atoms with Crippen LogP contribution in [0.5, 0.6) is 0 Å². The Morgan fingerprint density at radius 2 is 1.58 bits per heavy atom. The van der Waals surface area contributed by atoms with E-state index in [1.807, 2.05) is 0 Å². The van der Waals surface area contributed by atoms with Gasteiger partial charge in [-0.3, -0.25) is 0 Å². The van der Waals surface area contributed by atoms with Crippen LogP contribution in [0, 0.1) is 23.3 Å². The van der Waals surface area contributed by atoms with Gasteiger partial charge in [0.1, 0.15) is 5.82 Å². The topological polar surface area (TPSA) is 38.0 Å². The fraction of sp³-hybridized carbons (Fsp3) is 0. The van der Waals surface area contributed by atoms with Crippen LogP contribution in [-0.2, 0) is 0 Å². The summed E-state index contributed by atoms with van der Waals surface area (Å²) in [7, 11) is 0. The van der Waals surface area contributed by atoms with E-state index in [1.165, 1.54) is 6.07 Å². The second-order valence-electron chi connectivity index (χ2n) is 3.70. The average molecular weight is 335 g/mol. The molecule has 0 heterocycles. The van der Waals surface area contributed by atoms with Crippen molar-refractivity contribution in [1.82, 2.24) is 0 Å². The summed E-state index contributed by atoms with van der Waals surface area (Å²) in [6.45, 7) is 0. The van der Waals surface area contributed by atoms with Gasteiger partial charge >= 0.3 is 0 Å². The highest BCUT2D eigenvalue weighted by Gasteiger charge is 2.14. The third-order valence-electron chi connectivity index (χ3n) is 2.40. The van der Waals surface area contributed by atoms with Gasteiger partial charge in [-0.2, -0.15) is 0 Å². The number of nitrogen functional groups attached to an aromatic ring is 1. The predicted octanol–water partition coefficient (Wildman–Crippen LogP) is 4.33. The molecule has 0 aliphatic heterocycles. The number of rotatable bonds is 2. The molecule has 0 spiro atoms. The minimum Gasteiger partial charge on any atom is -0.397 e. The van der Waals surface area contributed by atoms with Crippen LogP contribution in [0.25, 0.3) is 0 Å². The van der Waals surface area contributed by atoms with Gasteiger partial charge in [0, 0.05) is 6.07 Å². The molecule has 0 bridgehead atoms. The second-order valence-corrected chi connectivity index (χ2v) is 4.56. The van der Waals surface area contributed by atoms with Crippen molar-refractivity contribution < 1.29 is 17.6 Å². The number of nitrogens with two attached hydrogens (primary N) is 1. The molecule has 0 amide bonds. The molecule has 0 saturated carbocycles. The molecule has 3 N–H and O–H groups in total. The Kier molecular flexibility index (Phi) is 3.66. The van der Waals surface area contributed by atoms with E-state index in [0.29, 0.717) is 0 Å². The van der Waals surface area contributed by atoms with Crippen LogP contribution >= 0.6 is 15.9 Å². The molecule has 0 aromatic heterocycles. The molecular formula is C12H7BrF4N2. The minimum atomic E-state index is -1.59. The smallest absolute Gasteiger partial charge is 0.196 e. The number of benzene rings is 2. The lowest BCUT2D eigenvalue weighted by molar-refractivity contribution is 0.449. The molecule has 0 aliphatic rings. The summed E-state index contributed by atoms with van der Waals surface area (Å²) in [5.74, 6) is -4.85. The van der Waals surface area contributed by atoms with Crippen LogP contribution in [0.3, 0.4) is 0 Å². The van der Waals surface area contributed by atoms with Crippen LogP contribution in [0.2, 0.25) is 0 Å². The van der Waals surface area contributed by atoms with Crippen molar-refractivity contribution in [3.8, 4) is 0 Å². The Bertz CT molecular complexity index is 646. The SMILES string of the molecule is Nc1cc(F)c(Br)cc1Nc1ccc(F)c(F)c1F. The largest absolute Gasteiger partial charge is 0.397 e. The van der Waals surface area contributed by atoms with Gasteiger partial charge in [-0.05, 0) is 34.1 Å². The number of hydrogen-bond acceptors (Lipinski definition) is 2. The highest BCUT2D eigenvalue weighted by Crippen LogP contribution is 2.30. The molecule has 0 aliphatic carbocycles. The number of anilines is 3. The van der Waals surface area contributed by atoms with Gasteiger partial charge in [-0.15, -0.1) is 0 Å². The van der Waals surface area contributed by atoms with Crippen molar-refractivity contribution in [3.05, 3.63) is 52.0 Å². The quantitative estimate of drug-likeness (QED) is 0.487. The highest BCUT2D eigenvalue weighted by atomic mass is 79.9. The Labute approximate surface area is 114 Å². The van der Waals surface area contributed by atoms with E-state index in [4.69, 9.17) is 5.73 Å². The van der Waals surface area contributed by atoms with Gasteiger partial charge in [-0.25, -0.2) is 17.6 Å².